The molecular weight excluding hydrogens is 623 g/mol. The fourth-order valence-corrected chi connectivity index (χ4v) is 7.73. The second kappa shape index (κ2) is 13.0. The zero-order valence-corrected chi connectivity index (χ0v) is 27.8. The van der Waals surface area contributed by atoms with Gasteiger partial charge in [0.15, 0.2) is 0 Å². The Bertz CT molecular complexity index is 2820. The van der Waals surface area contributed by atoms with Crippen LogP contribution in [0, 0.1) is 0 Å². The molecule has 9 rings (SSSR count). The zero-order chi connectivity index (χ0) is 37.6. The maximum Gasteiger partial charge on any atom is 0.0629 e. The van der Waals surface area contributed by atoms with Crippen molar-refractivity contribution in [1.29, 1.82) is 0 Å². The molecule has 0 aliphatic heterocycles. The highest BCUT2D eigenvalue weighted by Gasteiger charge is 2.14. The number of hydrogen-bond acceptors (Lipinski definition) is 2. The van der Waals surface area contributed by atoms with E-state index in [0.717, 1.165) is 44.9 Å². The number of anilines is 3. The summed E-state index contributed by atoms with van der Waals surface area (Å²) in [5.74, 6) is 0. The lowest BCUT2D eigenvalue weighted by Crippen LogP contribution is -2.09. The molecule has 1 nitrogen and oxygen atoms in total. The van der Waals surface area contributed by atoms with Gasteiger partial charge in [0.2, 0.25) is 0 Å². The highest BCUT2D eigenvalue weighted by molar-refractivity contribution is 7.25. The average Bonchev–Trinajstić information content (AvgIpc) is 3.62. The Kier molecular flexibility index (Phi) is 6.46. The molecule has 1 aromatic heterocycles. The van der Waals surface area contributed by atoms with Crippen molar-refractivity contribution in [3.05, 3.63) is 200 Å². The molecule has 2 heteroatoms. The summed E-state index contributed by atoms with van der Waals surface area (Å²) in [6, 6.07) is 57.3. The molecular formula is C48H33NS. The number of nitrogens with zero attached hydrogens (tertiary/aromatic N) is 1. The third-order valence-electron chi connectivity index (χ3n) is 9.18. The summed E-state index contributed by atoms with van der Waals surface area (Å²) in [4.78, 5) is 2.17. The van der Waals surface area contributed by atoms with Gasteiger partial charge in [-0.05, 0) is 105 Å². The molecule has 0 bridgehead atoms. The standard InChI is InChI=1S/C48H33NS/c1-3-10-34(11-4-1)36-18-25-42(26-19-36)49(43-27-20-37(21-28-43)35-12-5-2-6-13-35)44-29-22-38(23-30-44)39-14-9-15-40(32-39)41-24-31-48-46(33-41)45-16-7-8-17-47(45)50-48/h1-33H/i1D,3D,4D,10D,11D. The fourth-order valence-electron chi connectivity index (χ4n) is 6.64. The van der Waals surface area contributed by atoms with Crippen molar-refractivity contribution in [3.63, 3.8) is 0 Å². The average molecular weight is 661 g/mol. The van der Waals surface area contributed by atoms with E-state index in [-0.39, 0.29) is 29.7 Å². The Labute approximate surface area is 304 Å². The van der Waals surface area contributed by atoms with Crippen LogP contribution in [0.1, 0.15) is 6.85 Å². The molecule has 50 heavy (non-hydrogen) atoms. The Morgan fingerprint density at radius 3 is 1.46 bits per heavy atom. The first kappa shape index (κ1) is 24.9. The number of hydrogen-bond donors (Lipinski definition) is 0. The molecule has 0 atom stereocenters. The van der Waals surface area contributed by atoms with Crippen LogP contribution < -0.4 is 4.90 Å². The van der Waals surface area contributed by atoms with E-state index in [9.17, 15) is 0 Å². The summed E-state index contributed by atoms with van der Waals surface area (Å²) in [5, 5.41) is 2.57. The van der Waals surface area contributed by atoms with Gasteiger partial charge in [0.1, 0.15) is 0 Å². The molecule has 0 radical (unpaired) electrons. The third-order valence-corrected chi connectivity index (χ3v) is 10.3. The highest BCUT2D eigenvalue weighted by Crippen LogP contribution is 2.39. The summed E-state index contributed by atoms with van der Waals surface area (Å²) >= 11 is 1.83. The molecule has 0 fully saturated rings. The largest absolute Gasteiger partial charge is 0.311 e. The van der Waals surface area contributed by atoms with Gasteiger partial charge in [-0.25, -0.2) is 0 Å². The van der Waals surface area contributed by atoms with Crippen molar-refractivity contribution in [2.24, 2.45) is 0 Å². The van der Waals surface area contributed by atoms with Crippen molar-refractivity contribution in [2.45, 2.75) is 0 Å². The van der Waals surface area contributed by atoms with Gasteiger partial charge in [-0.2, -0.15) is 0 Å². The van der Waals surface area contributed by atoms with Gasteiger partial charge >= 0.3 is 0 Å². The number of fused-ring (bicyclic) bond motifs is 3. The molecule has 0 amide bonds. The van der Waals surface area contributed by atoms with E-state index in [0.29, 0.717) is 5.56 Å². The smallest absolute Gasteiger partial charge is 0.0629 e. The molecule has 0 spiro atoms. The van der Waals surface area contributed by atoms with Crippen molar-refractivity contribution in [2.75, 3.05) is 4.90 Å². The van der Waals surface area contributed by atoms with Gasteiger partial charge in [-0.15, -0.1) is 11.3 Å². The Hall–Kier alpha value is -6.22. The normalized spacial score (nSPS) is 12.6. The molecule has 1 heterocycles. The van der Waals surface area contributed by atoms with Crippen LogP contribution in [-0.4, -0.2) is 0 Å². The van der Waals surface area contributed by atoms with Gasteiger partial charge in [0.25, 0.3) is 0 Å². The van der Waals surface area contributed by atoms with Crippen LogP contribution in [0.4, 0.5) is 17.1 Å². The predicted molar refractivity (Wildman–Crippen MR) is 216 cm³/mol. The molecule has 9 aromatic rings. The summed E-state index contributed by atoms with van der Waals surface area (Å²) in [6.07, 6.45) is 0. The third kappa shape index (κ3) is 5.77. The first-order chi connectivity index (χ1) is 26.8. The number of thiophene rings is 1. The van der Waals surface area contributed by atoms with E-state index < -0.39 is 6.04 Å². The van der Waals surface area contributed by atoms with Gasteiger partial charge in [-0.1, -0.05) is 139 Å². The van der Waals surface area contributed by atoms with Crippen LogP contribution in [0.2, 0.25) is 0 Å². The van der Waals surface area contributed by atoms with Crippen LogP contribution in [0.3, 0.4) is 0 Å². The lowest BCUT2D eigenvalue weighted by Gasteiger charge is -2.26. The molecule has 0 aliphatic rings. The van der Waals surface area contributed by atoms with E-state index in [1.165, 1.54) is 25.7 Å². The Morgan fingerprint density at radius 2 is 0.800 bits per heavy atom. The van der Waals surface area contributed by atoms with E-state index in [2.05, 4.69) is 132 Å². The number of benzene rings is 8. The summed E-state index contributed by atoms with van der Waals surface area (Å²) in [6.45, 7) is 0. The summed E-state index contributed by atoms with van der Waals surface area (Å²) in [5.41, 5.74) is 10.4. The lowest BCUT2D eigenvalue weighted by molar-refractivity contribution is 1.28. The number of rotatable bonds is 7. The topological polar surface area (TPSA) is 3.24 Å². The first-order valence-corrected chi connectivity index (χ1v) is 17.4. The molecule has 0 saturated carbocycles. The minimum Gasteiger partial charge on any atom is -0.311 e. The zero-order valence-electron chi connectivity index (χ0n) is 32.0. The Balaban J connectivity index is 1.08. The van der Waals surface area contributed by atoms with Crippen molar-refractivity contribution in [3.8, 4) is 44.5 Å². The van der Waals surface area contributed by atoms with E-state index >= 15 is 0 Å². The SMILES string of the molecule is [2H]c1c([2H])c([2H])c(-c2ccc(N(c3ccc(-c4ccccc4)cc3)c3ccc(-c4cccc(-c5ccc6sc7ccccc7c6c5)c4)cc3)cc2)c([2H])c1[2H]. The quantitative estimate of drug-likeness (QED) is 0.164. The molecule has 0 aliphatic carbocycles. The highest BCUT2D eigenvalue weighted by atomic mass is 32.1. The van der Waals surface area contributed by atoms with Crippen LogP contribution in [0.25, 0.3) is 64.7 Å². The second-order valence-corrected chi connectivity index (χ2v) is 13.3. The summed E-state index contributed by atoms with van der Waals surface area (Å²) in [7, 11) is 0. The van der Waals surface area contributed by atoms with E-state index in [4.69, 9.17) is 6.85 Å². The van der Waals surface area contributed by atoms with Gasteiger partial charge < -0.3 is 4.90 Å². The molecule has 0 N–H and O–H groups in total. The van der Waals surface area contributed by atoms with Crippen LogP contribution in [0.5, 0.6) is 0 Å². The van der Waals surface area contributed by atoms with E-state index in [1.807, 2.05) is 53.8 Å². The van der Waals surface area contributed by atoms with Gasteiger partial charge in [-0.3, -0.25) is 0 Å². The minimum atomic E-state index is -0.399. The Morgan fingerprint density at radius 1 is 0.340 bits per heavy atom. The molecule has 0 unspecified atom stereocenters. The minimum absolute atomic E-state index is 0.187. The van der Waals surface area contributed by atoms with Crippen molar-refractivity contribution in [1.82, 2.24) is 0 Å². The lowest BCUT2D eigenvalue weighted by atomic mass is 9.97. The van der Waals surface area contributed by atoms with Crippen molar-refractivity contribution >= 4 is 48.6 Å². The molecule has 236 valence electrons. The van der Waals surface area contributed by atoms with Gasteiger partial charge in [0, 0.05) is 37.2 Å². The maximum atomic E-state index is 8.50. The van der Waals surface area contributed by atoms with E-state index in [1.54, 1.807) is 0 Å². The molecule has 8 aromatic carbocycles. The predicted octanol–water partition coefficient (Wildman–Crippen LogP) is 14.2. The summed E-state index contributed by atoms with van der Waals surface area (Å²) < 4.78 is 43.9. The first-order valence-electron chi connectivity index (χ1n) is 19.1. The van der Waals surface area contributed by atoms with Crippen LogP contribution in [-0.2, 0) is 0 Å². The fraction of sp³-hybridized carbons (Fsp3) is 0. The molecule has 0 saturated heterocycles. The van der Waals surface area contributed by atoms with Crippen LogP contribution >= 0.6 is 11.3 Å². The monoisotopic (exact) mass is 660 g/mol. The second-order valence-electron chi connectivity index (χ2n) is 12.2. The van der Waals surface area contributed by atoms with Crippen molar-refractivity contribution < 1.29 is 6.85 Å². The van der Waals surface area contributed by atoms with Crippen LogP contribution in [0.15, 0.2) is 200 Å². The van der Waals surface area contributed by atoms with Gasteiger partial charge in [0.05, 0.1) is 6.85 Å². The maximum absolute atomic E-state index is 8.50.